The van der Waals surface area contributed by atoms with Crippen LogP contribution in [0.3, 0.4) is 0 Å². The first-order chi connectivity index (χ1) is 8.36. The maximum absolute atomic E-state index is 5.42. The summed E-state index contributed by atoms with van der Waals surface area (Å²) in [5.74, 6) is 1.13. The molecule has 0 aliphatic carbocycles. The van der Waals surface area contributed by atoms with E-state index in [1.807, 2.05) is 6.07 Å². The fourth-order valence-electron chi connectivity index (χ4n) is 3.57. The van der Waals surface area contributed by atoms with Gasteiger partial charge in [0.25, 0.3) is 0 Å². The van der Waals surface area contributed by atoms with Crippen LogP contribution in [-0.4, -0.2) is 36.6 Å². The maximum atomic E-state index is 5.42. The Morgan fingerprint density at radius 1 is 1.35 bits per heavy atom. The Morgan fingerprint density at radius 2 is 2.12 bits per heavy atom. The smallest absolute Gasteiger partial charge is 0.105 e. The third-order valence-electron chi connectivity index (χ3n) is 4.49. The Morgan fingerprint density at radius 3 is 2.71 bits per heavy atom. The third kappa shape index (κ3) is 2.26. The number of hydrogen-bond acceptors (Lipinski definition) is 3. The second-order valence-electron chi connectivity index (χ2n) is 5.41. The molecule has 2 fully saturated rings. The Kier molecular flexibility index (Phi) is 3.21. The fraction of sp³-hybridized carbons (Fsp3) is 0.714. The lowest BCUT2D eigenvalue weighted by atomic mass is 9.97. The molecule has 94 valence electrons. The second-order valence-corrected chi connectivity index (χ2v) is 5.41. The van der Waals surface area contributed by atoms with Crippen LogP contribution >= 0.6 is 0 Å². The topological polar surface area (TPSA) is 28.4 Å². The summed E-state index contributed by atoms with van der Waals surface area (Å²) in [7, 11) is 2.10. The first-order valence-electron chi connectivity index (χ1n) is 6.82. The molecule has 1 aromatic rings. The summed E-state index contributed by atoms with van der Waals surface area (Å²) in [4.78, 5) is 2.72. The molecular weight excluding hydrogens is 212 g/mol. The second kappa shape index (κ2) is 4.83. The van der Waals surface area contributed by atoms with Gasteiger partial charge in [0, 0.05) is 31.1 Å². The lowest BCUT2D eigenvalue weighted by molar-refractivity contribution is 0.119. The number of nitrogens with zero attached hydrogens (tertiary/aromatic N) is 1. The number of piperidine rings is 1. The Labute approximate surface area is 103 Å². The molecule has 3 heterocycles. The average Bonchev–Trinajstić information content (AvgIpc) is 2.93. The van der Waals surface area contributed by atoms with Crippen molar-refractivity contribution in [3.63, 3.8) is 0 Å². The molecule has 2 unspecified atom stereocenters. The van der Waals surface area contributed by atoms with Crippen LogP contribution in [0.25, 0.3) is 0 Å². The molecule has 2 aliphatic heterocycles. The predicted molar refractivity (Wildman–Crippen MR) is 68.0 cm³/mol. The number of hydrogen-bond donors (Lipinski definition) is 1. The first-order valence-corrected chi connectivity index (χ1v) is 6.82. The molecule has 3 nitrogen and oxygen atoms in total. The number of fused-ring (bicyclic) bond motifs is 2. The standard InChI is InChI=1S/C14H22N2O/c1-15-11-9-12-4-5-13(10-11)16(12)7-6-14-3-2-8-17-14/h2-3,8,11-13,15H,4-7,9-10H2,1H3. The maximum Gasteiger partial charge on any atom is 0.105 e. The van der Waals surface area contributed by atoms with Crippen LogP contribution in [0.15, 0.2) is 22.8 Å². The SMILES string of the molecule is CNC1CC2CCC(C1)N2CCc1ccco1. The molecule has 0 aromatic carbocycles. The summed E-state index contributed by atoms with van der Waals surface area (Å²) >= 11 is 0. The van der Waals surface area contributed by atoms with Gasteiger partial charge in [0.2, 0.25) is 0 Å². The van der Waals surface area contributed by atoms with Gasteiger partial charge in [-0.1, -0.05) is 0 Å². The molecule has 17 heavy (non-hydrogen) atoms. The summed E-state index contributed by atoms with van der Waals surface area (Å²) in [5.41, 5.74) is 0. The molecule has 3 heteroatoms. The van der Waals surface area contributed by atoms with E-state index in [0.29, 0.717) is 0 Å². The van der Waals surface area contributed by atoms with Crippen molar-refractivity contribution in [3.8, 4) is 0 Å². The molecule has 3 rings (SSSR count). The highest BCUT2D eigenvalue weighted by Crippen LogP contribution is 2.35. The minimum absolute atomic E-state index is 0.743. The van der Waals surface area contributed by atoms with Crippen molar-refractivity contribution in [2.75, 3.05) is 13.6 Å². The van der Waals surface area contributed by atoms with Gasteiger partial charge in [0.05, 0.1) is 6.26 Å². The molecule has 2 atom stereocenters. The van der Waals surface area contributed by atoms with E-state index in [4.69, 9.17) is 4.42 Å². The van der Waals surface area contributed by atoms with Crippen LogP contribution in [0.1, 0.15) is 31.4 Å². The van der Waals surface area contributed by atoms with Crippen LogP contribution in [-0.2, 0) is 6.42 Å². The van der Waals surface area contributed by atoms with Gasteiger partial charge >= 0.3 is 0 Å². The van der Waals surface area contributed by atoms with Crippen molar-refractivity contribution in [1.82, 2.24) is 10.2 Å². The Bertz CT molecular complexity index is 335. The quantitative estimate of drug-likeness (QED) is 0.864. The van der Waals surface area contributed by atoms with E-state index in [9.17, 15) is 0 Å². The van der Waals surface area contributed by atoms with E-state index >= 15 is 0 Å². The highest BCUT2D eigenvalue weighted by atomic mass is 16.3. The summed E-state index contributed by atoms with van der Waals surface area (Å²) in [5, 5.41) is 3.45. The fourth-order valence-corrected chi connectivity index (χ4v) is 3.57. The van der Waals surface area contributed by atoms with Gasteiger partial charge in [0.15, 0.2) is 0 Å². The van der Waals surface area contributed by atoms with Crippen LogP contribution < -0.4 is 5.32 Å². The minimum atomic E-state index is 0.743. The average molecular weight is 234 g/mol. The molecule has 1 N–H and O–H groups in total. The number of rotatable bonds is 4. The van der Waals surface area contributed by atoms with Crippen LogP contribution in [0.2, 0.25) is 0 Å². The normalized spacial score (nSPS) is 33.1. The number of nitrogens with one attached hydrogen (secondary N) is 1. The molecule has 2 bridgehead atoms. The van der Waals surface area contributed by atoms with Gasteiger partial charge in [0.1, 0.15) is 5.76 Å². The van der Waals surface area contributed by atoms with Crippen molar-refractivity contribution >= 4 is 0 Å². The summed E-state index contributed by atoms with van der Waals surface area (Å²) < 4.78 is 5.42. The third-order valence-corrected chi connectivity index (χ3v) is 4.49. The predicted octanol–water partition coefficient (Wildman–Crippen LogP) is 2.04. The summed E-state index contributed by atoms with van der Waals surface area (Å²) in [6, 6.07) is 6.43. The van der Waals surface area contributed by atoms with Crippen molar-refractivity contribution in [1.29, 1.82) is 0 Å². The Balaban J connectivity index is 1.58. The van der Waals surface area contributed by atoms with E-state index in [0.717, 1.165) is 30.3 Å². The van der Waals surface area contributed by atoms with Gasteiger partial charge in [-0.25, -0.2) is 0 Å². The first kappa shape index (κ1) is 11.3. The van der Waals surface area contributed by atoms with E-state index in [1.165, 1.54) is 32.2 Å². The monoisotopic (exact) mass is 234 g/mol. The zero-order valence-electron chi connectivity index (χ0n) is 10.6. The zero-order valence-corrected chi connectivity index (χ0v) is 10.6. The summed E-state index contributed by atoms with van der Waals surface area (Å²) in [6.45, 7) is 1.17. The highest BCUT2D eigenvalue weighted by Gasteiger charge is 2.39. The van der Waals surface area contributed by atoms with E-state index < -0.39 is 0 Å². The molecular formula is C14H22N2O. The minimum Gasteiger partial charge on any atom is -0.469 e. The van der Waals surface area contributed by atoms with E-state index in [-0.39, 0.29) is 0 Å². The molecule has 0 amide bonds. The largest absolute Gasteiger partial charge is 0.469 e. The van der Waals surface area contributed by atoms with Gasteiger partial charge in [-0.2, -0.15) is 0 Å². The Hall–Kier alpha value is -0.800. The van der Waals surface area contributed by atoms with E-state index in [2.05, 4.69) is 23.3 Å². The van der Waals surface area contributed by atoms with Crippen molar-refractivity contribution in [3.05, 3.63) is 24.2 Å². The zero-order chi connectivity index (χ0) is 11.7. The summed E-state index contributed by atoms with van der Waals surface area (Å²) in [6.07, 6.45) is 8.26. The lowest BCUT2D eigenvalue weighted by Gasteiger charge is -2.38. The van der Waals surface area contributed by atoms with Crippen molar-refractivity contribution in [2.45, 2.75) is 50.2 Å². The van der Waals surface area contributed by atoms with Crippen molar-refractivity contribution in [2.24, 2.45) is 0 Å². The van der Waals surface area contributed by atoms with Crippen LogP contribution in [0.4, 0.5) is 0 Å². The molecule has 0 radical (unpaired) electrons. The van der Waals surface area contributed by atoms with Crippen molar-refractivity contribution < 1.29 is 4.42 Å². The molecule has 0 spiro atoms. The van der Waals surface area contributed by atoms with Gasteiger partial charge in [-0.05, 0) is 44.9 Å². The highest BCUT2D eigenvalue weighted by molar-refractivity contribution is 5.02. The van der Waals surface area contributed by atoms with Gasteiger partial charge in [-0.15, -0.1) is 0 Å². The molecule has 1 aromatic heterocycles. The number of furan rings is 1. The lowest BCUT2D eigenvalue weighted by Crippen LogP contribution is -2.48. The van der Waals surface area contributed by atoms with Gasteiger partial charge in [-0.3, -0.25) is 4.90 Å². The molecule has 2 aliphatic rings. The van der Waals surface area contributed by atoms with E-state index in [1.54, 1.807) is 6.26 Å². The van der Waals surface area contributed by atoms with Crippen LogP contribution in [0, 0.1) is 0 Å². The molecule has 0 saturated carbocycles. The van der Waals surface area contributed by atoms with Crippen LogP contribution in [0.5, 0.6) is 0 Å². The van der Waals surface area contributed by atoms with Gasteiger partial charge < -0.3 is 9.73 Å². The molecule has 2 saturated heterocycles.